The molecule has 1 rings (SSSR count). The highest BCUT2D eigenvalue weighted by Gasteiger charge is 2.28. The van der Waals surface area contributed by atoms with E-state index in [4.69, 9.17) is 0 Å². The maximum atomic E-state index is 12.6. The maximum absolute atomic E-state index is 12.6. The third-order valence-electron chi connectivity index (χ3n) is 1.35. The van der Waals surface area contributed by atoms with Crippen LogP contribution in [0.2, 0.25) is 0 Å². The third kappa shape index (κ3) is 2.53. The Hall–Kier alpha value is -1.06. The van der Waals surface area contributed by atoms with Crippen LogP contribution in [0.15, 0.2) is 24.3 Å². The number of halogens is 4. The van der Waals surface area contributed by atoms with Gasteiger partial charge in [-0.3, -0.25) is 0 Å². The zero-order valence-electron chi connectivity index (χ0n) is 6.03. The first-order valence-corrected chi connectivity index (χ1v) is 3.29. The highest BCUT2D eigenvalue weighted by Crippen LogP contribution is 2.22. The van der Waals surface area contributed by atoms with E-state index in [1.807, 2.05) is 0 Å². The lowest BCUT2D eigenvalue weighted by Crippen LogP contribution is -2.12. The van der Waals surface area contributed by atoms with Crippen molar-refractivity contribution in [3.63, 3.8) is 0 Å². The van der Waals surface area contributed by atoms with Gasteiger partial charge < -0.3 is 0 Å². The van der Waals surface area contributed by atoms with Gasteiger partial charge in [-0.25, -0.2) is 4.39 Å². The molecule has 0 unspecified atom stereocenters. The van der Waals surface area contributed by atoms with Crippen LogP contribution in [0, 0.1) is 5.82 Å². The molecule has 1 aromatic carbocycles. The molecule has 0 aromatic heterocycles. The van der Waals surface area contributed by atoms with Gasteiger partial charge in [-0.05, 0) is 11.6 Å². The first-order chi connectivity index (χ1) is 5.49. The van der Waals surface area contributed by atoms with E-state index >= 15 is 0 Å². The molecular weight excluding hydrogens is 172 g/mol. The molecule has 0 aliphatic heterocycles. The maximum Gasteiger partial charge on any atom is 0.393 e. The fourth-order valence-electron chi connectivity index (χ4n) is 0.858. The fourth-order valence-corrected chi connectivity index (χ4v) is 0.858. The number of rotatable bonds is 1. The predicted molar refractivity (Wildman–Crippen MR) is 36.2 cm³/mol. The van der Waals surface area contributed by atoms with Gasteiger partial charge in [0.15, 0.2) is 0 Å². The van der Waals surface area contributed by atoms with E-state index in [2.05, 4.69) is 0 Å². The minimum absolute atomic E-state index is 0.315. The van der Waals surface area contributed by atoms with Gasteiger partial charge in [-0.15, -0.1) is 0 Å². The summed E-state index contributed by atoms with van der Waals surface area (Å²) in [7, 11) is 0. The van der Waals surface area contributed by atoms with Crippen molar-refractivity contribution in [1.29, 1.82) is 0 Å². The van der Waals surface area contributed by atoms with Crippen LogP contribution in [0.25, 0.3) is 0 Å². The van der Waals surface area contributed by atoms with Gasteiger partial charge in [0, 0.05) is 0 Å². The lowest BCUT2D eigenvalue weighted by Gasteiger charge is -2.06. The van der Waals surface area contributed by atoms with Crippen LogP contribution < -0.4 is 0 Å². The highest BCUT2D eigenvalue weighted by molar-refractivity contribution is 5.18. The second-order valence-electron chi connectivity index (χ2n) is 2.38. The second-order valence-corrected chi connectivity index (χ2v) is 2.38. The van der Waals surface area contributed by atoms with Crippen molar-refractivity contribution in [3.05, 3.63) is 35.6 Å². The van der Waals surface area contributed by atoms with Gasteiger partial charge in [0.25, 0.3) is 0 Å². The lowest BCUT2D eigenvalue weighted by atomic mass is 10.1. The van der Waals surface area contributed by atoms with Crippen LogP contribution in [-0.2, 0) is 6.42 Å². The summed E-state index contributed by atoms with van der Waals surface area (Å²) in [5.41, 5.74) is -0.315. The van der Waals surface area contributed by atoms with E-state index in [-0.39, 0.29) is 5.56 Å². The average Bonchev–Trinajstić information content (AvgIpc) is 1.91. The van der Waals surface area contributed by atoms with E-state index < -0.39 is 18.4 Å². The molecule has 0 aliphatic carbocycles. The first-order valence-electron chi connectivity index (χ1n) is 3.29. The van der Waals surface area contributed by atoms with Gasteiger partial charge >= 0.3 is 6.18 Å². The Morgan fingerprint density at radius 1 is 1.08 bits per heavy atom. The smallest absolute Gasteiger partial charge is 0.207 e. The Morgan fingerprint density at radius 3 is 2.17 bits per heavy atom. The summed E-state index contributed by atoms with van der Waals surface area (Å²) in [4.78, 5) is 0. The number of benzene rings is 1. The largest absolute Gasteiger partial charge is 0.393 e. The van der Waals surface area contributed by atoms with Crippen LogP contribution in [0.4, 0.5) is 17.6 Å². The minimum atomic E-state index is -4.35. The Labute approximate surface area is 66.8 Å². The van der Waals surface area contributed by atoms with Gasteiger partial charge in [-0.2, -0.15) is 13.2 Å². The van der Waals surface area contributed by atoms with Crippen molar-refractivity contribution >= 4 is 0 Å². The molecule has 0 amide bonds. The van der Waals surface area contributed by atoms with E-state index in [1.165, 1.54) is 12.1 Å². The molecule has 0 fully saturated rings. The normalized spacial score (nSPS) is 11.7. The van der Waals surface area contributed by atoms with Crippen LogP contribution in [0.3, 0.4) is 0 Å². The van der Waals surface area contributed by atoms with Gasteiger partial charge in [-0.1, -0.05) is 18.2 Å². The van der Waals surface area contributed by atoms with E-state index in [0.29, 0.717) is 0 Å². The van der Waals surface area contributed by atoms with Crippen molar-refractivity contribution in [3.8, 4) is 0 Å². The quantitative estimate of drug-likeness (QED) is 0.580. The average molecular weight is 178 g/mol. The molecule has 0 nitrogen and oxygen atoms in total. The predicted octanol–water partition coefficient (Wildman–Crippen LogP) is 2.93. The van der Waals surface area contributed by atoms with Crippen LogP contribution >= 0.6 is 0 Å². The highest BCUT2D eigenvalue weighted by atomic mass is 19.4. The standard InChI is InChI=1S/C8H6F4/c9-7-4-2-1-3-6(7)5-8(10,11)12/h1-4H,5H2. The topological polar surface area (TPSA) is 0 Å². The molecule has 0 atom stereocenters. The summed E-state index contributed by atoms with van der Waals surface area (Å²) in [5.74, 6) is -0.810. The Kier molecular flexibility index (Phi) is 2.35. The molecule has 0 aliphatic rings. The lowest BCUT2D eigenvalue weighted by molar-refractivity contribution is -0.127. The van der Waals surface area contributed by atoms with Crippen molar-refractivity contribution in [1.82, 2.24) is 0 Å². The molecule has 1 aromatic rings. The summed E-state index contributed by atoms with van der Waals surface area (Å²) in [6.07, 6.45) is -5.55. The zero-order valence-corrected chi connectivity index (χ0v) is 6.03. The summed E-state index contributed by atoms with van der Waals surface area (Å²) >= 11 is 0. The molecule has 0 bridgehead atoms. The minimum Gasteiger partial charge on any atom is -0.207 e. The molecular formula is C8H6F4. The van der Waals surface area contributed by atoms with Crippen molar-refractivity contribution in [2.45, 2.75) is 12.6 Å². The third-order valence-corrected chi connectivity index (χ3v) is 1.35. The first kappa shape index (κ1) is 9.03. The Balaban J connectivity index is 2.83. The molecule has 0 saturated heterocycles. The molecule has 0 heterocycles. The van der Waals surface area contributed by atoms with Gasteiger partial charge in [0.05, 0.1) is 6.42 Å². The van der Waals surface area contributed by atoms with Crippen LogP contribution in [0.5, 0.6) is 0 Å². The number of alkyl halides is 3. The molecule has 4 heteroatoms. The summed E-state index contributed by atoms with van der Waals surface area (Å²) < 4.78 is 47.9. The van der Waals surface area contributed by atoms with E-state index in [9.17, 15) is 17.6 Å². The molecule has 0 radical (unpaired) electrons. The van der Waals surface area contributed by atoms with Crippen LogP contribution in [0.1, 0.15) is 5.56 Å². The fraction of sp³-hybridized carbons (Fsp3) is 0.250. The molecule has 66 valence electrons. The van der Waals surface area contributed by atoms with Gasteiger partial charge in [0.2, 0.25) is 0 Å². The Morgan fingerprint density at radius 2 is 1.67 bits per heavy atom. The summed E-state index contributed by atoms with van der Waals surface area (Å²) in [6, 6.07) is 4.88. The van der Waals surface area contributed by atoms with Crippen molar-refractivity contribution in [2.24, 2.45) is 0 Å². The summed E-state index contributed by atoms with van der Waals surface area (Å²) in [5, 5.41) is 0. The number of hydrogen-bond acceptors (Lipinski definition) is 0. The van der Waals surface area contributed by atoms with Crippen molar-refractivity contribution < 1.29 is 17.6 Å². The number of hydrogen-bond donors (Lipinski definition) is 0. The molecule has 0 saturated carbocycles. The van der Waals surface area contributed by atoms with Gasteiger partial charge in [0.1, 0.15) is 5.82 Å². The second kappa shape index (κ2) is 3.13. The summed E-state index contributed by atoms with van der Waals surface area (Å²) in [6.45, 7) is 0. The Bertz CT molecular complexity index is 264. The monoisotopic (exact) mass is 178 g/mol. The zero-order chi connectivity index (χ0) is 9.19. The van der Waals surface area contributed by atoms with Crippen molar-refractivity contribution in [2.75, 3.05) is 0 Å². The van der Waals surface area contributed by atoms with E-state index in [1.54, 1.807) is 0 Å². The SMILES string of the molecule is Fc1ccccc1CC(F)(F)F. The molecule has 12 heavy (non-hydrogen) atoms. The molecule has 0 N–H and O–H groups in total. The van der Waals surface area contributed by atoms with E-state index in [0.717, 1.165) is 12.1 Å². The van der Waals surface area contributed by atoms with Crippen LogP contribution in [-0.4, -0.2) is 6.18 Å². The molecule has 0 spiro atoms.